The molecule has 0 unspecified atom stereocenters. The predicted molar refractivity (Wildman–Crippen MR) is 121 cm³/mol. The summed E-state index contributed by atoms with van der Waals surface area (Å²) in [6, 6.07) is 12.4. The molecule has 2 aromatic rings. The monoisotopic (exact) mass is 443 g/mol. The molecule has 0 radical (unpaired) electrons. The Morgan fingerprint density at radius 2 is 1.74 bits per heavy atom. The van der Waals surface area contributed by atoms with E-state index in [1.54, 1.807) is 30.3 Å². The molecular weight excluding hydrogens is 414 g/mol. The second-order valence-electron chi connectivity index (χ2n) is 7.90. The molecule has 1 heterocycles. The Labute approximate surface area is 184 Å². The van der Waals surface area contributed by atoms with Gasteiger partial charge >= 0.3 is 0 Å². The summed E-state index contributed by atoms with van der Waals surface area (Å²) in [6.45, 7) is 6.61. The number of carbonyl (C=O) groups excluding carboxylic acids is 1. The smallest absolute Gasteiger partial charge is 0.243 e. The van der Waals surface area contributed by atoms with Crippen molar-refractivity contribution in [3.63, 3.8) is 0 Å². The Bertz CT molecular complexity index is 1020. The van der Waals surface area contributed by atoms with E-state index in [0.717, 1.165) is 17.4 Å². The van der Waals surface area contributed by atoms with Gasteiger partial charge in [0.1, 0.15) is 23.9 Å². The maximum Gasteiger partial charge on any atom is 0.243 e. The van der Waals surface area contributed by atoms with Crippen LogP contribution in [0.5, 0.6) is 11.5 Å². The quantitative estimate of drug-likeness (QED) is 0.451. The van der Waals surface area contributed by atoms with Crippen molar-refractivity contribution in [2.75, 3.05) is 13.1 Å². The molecule has 1 saturated heterocycles. The molecule has 0 aromatic heterocycles. The van der Waals surface area contributed by atoms with E-state index in [2.05, 4.69) is 0 Å². The number of benzene rings is 2. The molecule has 6 nitrogen and oxygen atoms in total. The van der Waals surface area contributed by atoms with Gasteiger partial charge in [0.15, 0.2) is 0 Å². The van der Waals surface area contributed by atoms with Crippen LogP contribution in [-0.2, 0) is 14.8 Å². The van der Waals surface area contributed by atoms with Gasteiger partial charge in [-0.25, -0.2) is 8.42 Å². The van der Waals surface area contributed by atoms with Crippen molar-refractivity contribution in [1.82, 2.24) is 4.31 Å². The average Bonchev–Trinajstić information content (AvgIpc) is 2.74. The lowest BCUT2D eigenvalue weighted by Crippen LogP contribution is -2.41. The van der Waals surface area contributed by atoms with E-state index in [9.17, 15) is 13.2 Å². The first-order chi connectivity index (χ1) is 14.8. The molecule has 0 saturated carbocycles. The van der Waals surface area contributed by atoms with Gasteiger partial charge in [-0.3, -0.25) is 4.79 Å². The molecule has 2 aromatic carbocycles. The Balaban J connectivity index is 1.64. The van der Waals surface area contributed by atoms with Crippen LogP contribution in [0.3, 0.4) is 0 Å². The van der Waals surface area contributed by atoms with Gasteiger partial charge in [0.05, 0.1) is 11.0 Å². The molecule has 0 atom stereocenters. The molecule has 0 bridgehead atoms. The van der Waals surface area contributed by atoms with Gasteiger partial charge in [-0.15, -0.1) is 0 Å². The highest BCUT2D eigenvalue weighted by Gasteiger charge is 2.30. The van der Waals surface area contributed by atoms with Crippen LogP contribution in [0.2, 0.25) is 0 Å². The van der Waals surface area contributed by atoms with E-state index in [1.165, 1.54) is 10.4 Å². The zero-order valence-electron chi connectivity index (χ0n) is 18.2. The SMILES string of the molecule is Cc1ccc(OC2CCN(S(=O)(=O)c3ccc(OC(C)C)cc3)CC2)c(/C=C/C=O)c1. The maximum atomic E-state index is 13.0. The van der Waals surface area contributed by atoms with E-state index < -0.39 is 10.0 Å². The highest BCUT2D eigenvalue weighted by Crippen LogP contribution is 2.28. The second-order valence-corrected chi connectivity index (χ2v) is 9.83. The second kappa shape index (κ2) is 10.1. The van der Waals surface area contributed by atoms with Crippen LogP contribution in [0.4, 0.5) is 0 Å². The Morgan fingerprint density at radius 1 is 1.06 bits per heavy atom. The van der Waals surface area contributed by atoms with E-state index in [-0.39, 0.29) is 17.1 Å². The molecule has 1 fully saturated rings. The van der Waals surface area contributed by atoms with Crippen LogP contribution in [0.15, 0.2) is 53.4 Å². The standard InChI is InChI=1S/C24H29NO5S/c1-18(2)29-21-7-9-23(10-8-21)31(27,28)25-14-12-22(13-15-25)30-24-11-6-19(3)17-20(24)5-4-16-26/h4-11,16-18,22H,12-15H2,1-3H3/b5-4+. The summed E-state index contributed by atoms with van der Waals surface area (Å²) in [6.07, 6.45) is 5.04. The lowest BCUT2D eigenvalue weighted by atomic mass is 10.1. The summed E-state index contributed by atoms with van der Waals surface area (Å²) in [4.78, 5) is 10.9. The molecular formula is C24H29NO5S. The topological polar surface area (TPSA) is 72.9 Å². The number of nitrogens with zero attached hydrogens (tertiary/aromatic N) is 1. The fourth-order valence-electron chi connectivity index (χ4n) is 3.53. The summed E-state index contributed by atoms with van der Waals surface area (Å²) in [7, 11) is -3.56. The van der Waals surface area contributed by atoms with Crippen molar-refractivity contribution in [2.45, 2.75) is 50.7 Å². The zero-order chi connectivity index (χ0) is 22.4. The van der Waals surface area contributed by atoms with Gasteiger partial charge in [-0.2, -0.15) is 4.31 Å². The first-order valence-corrected chi connectivity index (χ1v) is 11.9. The number of hydrogen-bond donors (Lipinski definition) is 0. The number of piperidine rings is 1. The largest absolute Gasteiger partial charge is 0.491 e. The molecule has 31 heavy (non-hydrogen) atoms. The highest BCUT2D eigenvalue weighted by atomic mass is 32.2. The molecule has 7 heteroatoms. The van der Waals surface area contributed by atoms with Crippen LogP contribution in [-0.4, -0.2) is 44.3 Å². The van der Waals surface area contributed by atoms with E-state index >= 15 is 0 Å². The third-order valence-electron chi connectivity index (χ3n) is 5.05. The third kappa shape index (κ3) is 5.95. The molecule has 0 amide bonds. The fraction of sp³-hybridized carbons (Fsp3) is 0.375. The minimum Gasteiger partial charge on any atom is -0.491 e. The Hall–Kier alpha value is -2.64. The average molecular weight is 444 g/mol. The number of allylic oxidation sites excluding steroid dienone is 1. The number of aryl methyl sites for hydroxylation is 1. The molecule has 1 aliphatic heterocycles. The predicted octanol–water partition coefficient (Wildman–Crippen LogP) is 4.23. The Kier molecular flexibility index (Phi) is 7.51. The summed E-state index contributed by atoms with van der Waals surface area (Å²) in [5, 5.41) is 0. The fourth-order valence-corrected chi connectivity index (χ4v) is 5.00. The van der Waals surface area contributed by atoms with Crippen molar-refractivity contribution in [3.05, 3.63) is 59.7 Å². The number of aldehydes is 1. The van der Waals surface area contributed by atoms with Crippen LogP contribution in [0, 0.1) is 6.92 Å². The first-order valence-electron chi connectivity index (χ1n) is 10.5. The van der Waals surface area contributed by atoms with Gasteiger partial charge < -0.3 is 9.47 Å². The van der Waals surface area contributed by atoms with Crippen LogP contribution in [0.25, 0.3) is 6.08 Å². The molecule has 3 rings (SSSR count). The van der Waals surface area contributed by atoms with E-state index in [1.807, 2.05) is 39.0 Å². The van der Waals surface area contributed by atoms with E-state index in [0.29, 0.717) is 37.4 Å². The normalized spacial score (nSPS) is 16.0. The van der Waals surface area contributed by atoms with Crippen LogP contribution >= 0.6 is 0 Å². The lowest BCUT2D eigenvalue weighted by Gasteiger charge is -2.31. The lowest BCUT2D eigenvalue weighted by molar-refractivity contribution is -0.104. The minimum absolute atomic E-state index is 0.0319. The van der Waals surface area contributed by atoms with Gasteiger partial charge in [-0.05, 0) is 82.2 Å². The van der Waals surface area contributed by atoms with Crippen LogP contribution in [0.1, 0.15) is 37.8 Å². The van der Waals surface area contributed by atoms with Crippen molar-refractivity contribution in [2.24, 2.45) is 0 Å². The molecule has 0 aliphatic carbocycles. The van der Waals surface area contributed by atoms with Crippen molar-refractivity contribution >= 4 is 22.4 Å². The molecule has 0 N–H and O–H groups in total. The van der Waals surface area contributed by atoms with Crippen molar-refractivity contribution < 1.29 is 22.7 Å². The minimum atomic E-state index is -3.56. The molecule has 1 aliphatic rings. The number of carbonyl (C=O) groups is 1. The van der Waals surface area contributed by atoms with Gasteiger partial charge in [0.25, 0.3) is 0 Å². The first kappa shape index (κ1) is 23.0. The number of rotatable bonds is 8. The zero-order valence-corrected chi connectivity index (χ0v) is 19.0. The van der Waals surface area contributed by atoms with E-state index in [4.69, 9.17) is 9.47 Å². The summed E-state index contributed by atoms with van der Waals surface area (Å²) in [5.41, 5.74) is 1.91. The molecule has 166 valence electrons. The van der Waals surface area contributed by atoms with Crippen LogP contribution < -0.4 is 9.47 Å². The third-order valence-corrected chi connectivity index (χ3v) is 6.96. The summed E-state index contributed by atoms with van der Waals surface area (Å²) < 4.78 is 39.2. The molecule has 0 spiro atoms. The van der Waals surface area contributed by atoms with Gasteiger partial charge in [-0.1, -0.05) is 11.6 Å². The Morgan fingerprint density at radius 3 is 2.35 bits per heavy atom. The highest BCUT2D eigenvalue weighted by molar-refractivity contribution is 7.89. The summed E-state index contributed by atoms with van der Waals surface area (Å²) >= 11 is 0. The number of ether oxygens (including phenoxy) is 2. The van der Waals surface area contributed by atoms with Gasteiger partial charge in [0, 0.05) is 18.7 Å². The number of sulfonamides is 1. The van der Waals surface area contributed by atoms with Crippen molar-refractivity contribution in [3.8, 4) is 11.5 Å². The number of hydrogen-bond acceptors (Lipinski definition) is 5. The van der Waals surface area contributed by atoms with Gasteiger partial charge in [0.2, 0.25) is 10.0 Å². The maximum absolute atomic E-state index is 13.0. The van der Waals surface area contributed by atoms with Crippen molar-refractivity contribution in [1.29, 1.82) is 0 Å². The summed E-state index contributed by atoms with van der Waals surface area (Å²) in [5.74, 6) is 1.35.